The van der Waals surface area contributed by atoms with Gasteiger partial charge in [0, 0.05) is 32.7 Å². The fourth-order valence-corrected chi connectivity index (χ4v) is 4.17. The van der Waals surface area contributed by atoms with E-state index in [-0.39, 0.29) is 0 Å². The average molecular weight is 242 g/mol. The molecule has 0 spiro atoms. The van der Waals surface area contributed by atoms with Crippen LogP contribution in [0.15, 0.2) is 18.2 Å². The van der Waals surface area contributed by atoms with E-state index in [0.29, 0.717) is 0 Å². The van der Waals surface area contributed by atoms with Crippen molar-refractivity contribution in [3.63, 3.8) is 0 Å². The van der Waals surface area contributed by atoms with E-state index in [1.807, 2.05) is 0 Å². The summed E-state index contributed by atoms with van der Waals surface area (Å²) in [5.41, 5.74) is 4.53. The first-order valence-corrected chi connectivity index (χ1v) is 7.42. The van der Waals surface area contributed by atoms with Crippen LogP contribution >= 0.6 is 0 Å². The van der Waals surface area contributed by atoms with Gasteiger partial charge in [0.05, 0.1) is 0 Å². The predicted octanol–water partition coefficient (Wildman–Crippen LogP) is 2.52. The average Bonchev–Trinajstić information content (AvgIpc) is 3.02. The SMILES string of the molecule is c1cc2c(cc1CN1CC3CCCC3C1)CNC2. The molecule has 0 amide bonds. The molecule has 0 bridgehead atoms. The van der Waals surface area contributed by atoms with Crippen molar-refractivity contribution in [2.24, 2.45) is 11.8 Å². The molecule has 1 saturated heterocycles. The molecule has 2 heterocycles. The van der Waals surface area contributed by atoms with Crippen LogP contribution in [0.3, 0.4) is 0 Å². The number of nitrogens with one attached hydrogen (secondary N) is 1. The quantitative estimate of drug-likeness (QED) is 0.857. The van der Waals surface area contributed by atoms with Crippen molar-refractivity contribution in [2.75, 3.05) is 13.1 Å². The van der Waals surface area contributed by atoms with Gasteiger partial charge in [-0.3, -0.25) is 4.90 Å². The van der Waals surface area contributed by atoms with Gasteiger partial charge < -0.3 is 5.32 Å². The molecule has 2 fully saturated rings. The van der Waals surface area contributed by atoms with Gasteiger partial charge in [-0.2, -0.15) is 0 Å². The lowest BCUT2D eigenvalue weighted by atomic mass is 10.0. The smallest absolute Gasteiger partial charge is 0.0234 e. The van der Waals surface area contributed by atoms with Gasteiger partial charge in [-0.25, -0.2) is 0 Å². The van der Waals surface area contributed by atoms with Crippen molar-refractivity contribution in [3.8, 4) is 0 Å². The third-order valence-corrected chi connectivity index (χ3v) is 5.11. The van der Waals surface area contributed by atoms with Gasteiger partial charge in [-0.15, -0.1) is 0 Å². The predicted molar refractivity (Wildman–Crippen MR) is 73.1 cm³/mol. The summed E-state index contributed by atoms with van der Waals surface area (Å²) in [6.07, 6.45) is 4.44. The van der Waals surface area contributed by atoms with Gasteiger partial charge in [-0.05, 0) is 41.4 Å². The molecule has 2 unspecified atom stereocenters. The highest BCUT2D eigenvalue weighted by atomic mass is 15.2. The fourth-order valence-electron chi connectivity index (χ4n) is 4.17. The first-order valence-electron chi connectivity index (χ1n) is 7.42. The minimum atomic E-state index is 1.01. The Kier molecular flexibility index (Phi) is 2.66. The third kappa shape index (κ3) is 1.88. The lowest BCUT2D eigenvalue weighted by Gasteiger charge is -2.17. The maximum atomic E-state index is 3.43. The zero-order chi connectivity index (χ0) is 11.9. The van der Waals surface area contributed by atoms with Crippen molar-refractivity contribution in [3.05, 3.63) is 34.9 Å². The maximum absolute atomic E-state index is 3.43. The van der Waals surface area contributed by atoms with Crippen LogP contribution in [0.4, 0.5) is 0 Å². The minimum Gasteiger partial charge on any atom is -0.309 e. The molecule has 18 heavy (non-hydrogen) atoms. The summed E-state index contributed by atoms with van der Waals surface area (Å²) in [7, 11) is 0. The molecule has 0 radical (unpaired) electrons. The highest BCUT2D eigenvalue weighted by Gasteiger charge is 2.35. The van der Waals surface area contributed by atoms with Crippen LogP contribution in [0.1, 0.15) is 36.0 Å². The zero-order valence-electron chi connectivity index (χ0n) is 11.0. The molecule has 3 aliphatic rings. The van der Waals surface area contributed by atoms with Gasteiger partial charge in [0.25, 0.3) is 0 Å². The van der Waals surface area contributed by atoms with E-state index in [9.17, 15) is 0 Å². The molecule has 2 aliphatic heterocycles. The summed E-state index contributed by atoms with van der Waals surface area (Å²) in [6.45, 7) is 5.98. The van der Waals surface area contributed by atoms with Crippen molar-refractivity contribution >= 4 is 0 Å². The van der Waals surface area contributed by atoms with E-state index < -0.39 is 0 Å². The molecule has 2 heteroatoms. The van der Waals surface area contributed by atoms with E-state index in [1.165, 1.54) is 55.6 Å². The molecular formula is C16H22N2. The van der Waals surface area contributed by atoms with E-state index in [2.05, 4.69) is 28.4 Å². The summed E-state index contributed by atoms with van der Waals surface area (Å²) >= 11 is 0. The Hall–Kier alpha value is -0.860. The number of nitrogens with zero attached hydrogens (tertiary/aromatic N) is 1. The fraction of sp³-hybridized carbons (Fsp3) is 0.625. The van der Waals surface area contributed by atoms with E-state index in [1.54, 1.807) is 0 Å². The molecule has 2 nitrogen and oxygen atoms in total. The van der Waals surface area contributed by atoms with Crippen molar-refractivity contribution in [1.82, 2.24) is 10.2 Å². The second-order valence-electron chi connectivity index (χ2n) is 6.35. The van der Waals surface area contributed by atoms with Crippen molar-refractivity contribution in [2.45, 2.75) is 38.9 Å². The van der Waals surface area contributed by atoms with Crippen LogP contribution in [-0.2, 0) is 19.6 Å². The third-order valence-electron chi connectivity index (χ3n) is 5.11. The Bertz CT molecular complexity index is 442. The molecule has 1 aromatic carbocycles. The number of hydrogen-bond donors (Lipinski definition) is 1. The molecule has 1 aliphatic carbocycles. The Balaban J connectivity index is 1.46. The van der Waals surface area contributed by atoms with Gasteiger partial charge in [0.1, 0.15) is 0 Å². The number of rotatable bonds is 2. The van der Waals surface area contributed by atoms with E-state index in [0.717, 1.165) is 24.9 Å². The van der Waals surface area contributed by atoms with E-state index in [4.69, 9.17) is 0 Å². The topological polar surface area (TPSA) is 15.3 Å². The highest BCUT2D eigenvalue weighted by Crippen LogP contribution is 2.38. The summed E-state index contributed by atoms with van der Waals surface area (Å²) < 4.78 is 0. The summed E-state index contributed by atoms with van der Waals surface area (Å²) in [6, 6.07) is 7.07. The van der Waals surface area contributed by atoms with Gasteiger partial charge in [0.2, 0.25) is 0 Å². The van der Waals surface area contributed by atoms with Gasteiger partial charge >= 0.3 is 0 Å². The first-order chi connectivity index (χ1) is 8.88. The first kappa shape index (κ1) is 11.0. The normalized spacial score (nSPS) is 30.7. The molecular weight excluding hydrogens is 220 g/mol. The van der Waals surface area contributed by atoms with Gasteiger partial charge in [-0.1, -0.05) is 24.6 Å². The number of benzene rings is 1. The summed E-state index contributed by atoms with van der Waals surface area (Å²) in [5.74, 6) is 2.03. The van der Waals surface area contributed by atoms with Crippen molar-refractivity contribution in [1.29, 1.82) is 0 Å². The zero-order valence-corrected chi connectivity index (χ0v) is 11.0. The monoisotopic (exact) mass is 242 g/mol. The molecule has 2 atom stereocenters. The molecule has 1 N–H and O–H groups in total. The molecule has 4 rings (SSSR count). The standard InChI is InChI=1S/C16H22N2/c1-2-14-10-18(11-15(14)3-1)9-12-4-5-13-7-17-8-16(13)6-12/h4-6,14-15,17H,1-3,7-11H2. The number of fused-ring (bicyclic) bond motifs is 2. The van der Waals surface area contributed by atoms with Crippen LogP contribution in [0, 0.1) is 11.8 Å². The molecule has 1 saturated carbocycles. The highest BCUT2D eigenvalue weighted by molar-refractivity contribution is 5.34. The van der Waals surface area contributed by atoms with Crippen LogP contribution in [0.5, 0.6) is 0 Å². The van der Waals surface area contributed by atoms with Gasteiger partial charge in [0.15, 0.2) is 0 Å². The largest absolute Gasteiger partial charge is 0.309 e. The second-order valence-corrected chi connectivity index (χ2v) is 6.35. The summed E-state index contributed by atoms with van der Waals surface area (Å²) in [4.78, 5) is 2.68. The maximum Gasteiger partial charge on any atom is 0.0234 e. The van der Waals surface area contributed by atoms with Crippen LogP contribution in [0.2, 0.25) is 0 Å². The van der Waals surface area contributed by atoms with Crippen LogP contribution in [0.25, 0.3) is 0 Å². The van der Waals surface area contributed by atoms with Crippen molar-refractivity contribution < 1.29 is 0 Å². The Labute approximate surface area is 109 Å². The Morgan fingerprint density at radius 1 is 1.06 bits per heavy atom. The Morgan fingerprint density at radius 2 is 1.83 bits per heavy atom. The second kappa shape index (κ2) is 4.36. The van der Waals surface area contributed by atoms with Crippen LogP contribution in [-0.4, -0.2) is 18.0 Å². The summed E-state index contributed by atoms with van der Waals surface area (Å²) in [5, 5.41) is 3.43. The lowest BCUT2D eigenvalue weighted by Crippen LogP contribution is -2.21. The van der Waals surface area contributed by atoms with E-state index >= 15 is 0 Å². The molecule has 96 valence electrons. The Morgan fingerprint density at radius 3 is 2.67 bits per heavy atom. The number of likely N-dealkylation sites (tertiary alicyclic amines) is 1. The molecule has 0 aromatic heterocycles. The lowest BCUT2D eigenvalue weighted by molar-refractivity contribution is 0.303. The molecule has 1 aromatic rings. The van der Waals surface area contributed by atoms with Crippen LogP contribution < -0.4 is 5.32 Å². The number of hydrogen-bond acceptors (Lipinski definition) is 2. The minimum absolute atomic E-state index is 1.01.